The van der Waals surface area contributed by atoms with Gasteiger partial charge in [0.05, 0.1) is 12.0 Å². The van der Waals surface area contributed by atoms with Crippen LogP contribution in [0.1, 0.15) is 30.9 Å². The van der Waals surface area contributed by atoms with Crippen molar-refractivity contribution in [1.29, 1.82) is 0 Å². The lowest BCUT2D eigenvalue weighted by Gasteiger charge is -2.31. The van der Waals surface area contributed by atoms with E-state index in [0.29, 0.717) is 44.2 Å². The molecule has 126 valence electrons. The Bertz CT molecular complexity index is 562. The fourth-order valence-electron chi connectivity index (χ4n) is 3.20. The zero-order valence-electron chi connectivity index (χ0n) is 13.1. The molecule has 0 spiro atoms. The lowest BCUT2D eigenvalue weighted by molar-refractivity contribution is -0.143. The first-order valence-electron chi connectivity index (χ1n) is 8.16. The zero-order chi connectivity index (χ0) is 16.2. The van der Waals surface area contributed by atoms with Crippen molar-refractivity contribution < 1.29 is 24.5 Å². The van der Waals surface area contributed by atoms with Crippen LogP contribution in [-0.4, -0.2) is 53.9 Å². The molecular weight excluding hydrogens is 298 g/mol. The first-order valence-corrected chi connectivity index (χ1v) is 8.16. The zero-order valence-corrected chi connectivity index (χ0v) is 13.1. The molecule has 2 heterocycles. The highest BCUT2D eigenvalue weighted by Gasteiger charge is 2.25. The summed E-state index contributed by atoms with van der Waals surface area (Å²) < 4.78 is 11.0. The lowest BCUT2D eigenvalue weighted by Crippen LogP contribution is -2.39. The molecule has 1 fully saturated rings. The molecule has 2 aliphatic rings. The summed E-state index contributed by atoms with van der Waals surface area (Å²) in [5.41, 5.74) is 0.807. The minimum Gasteiger partial charge on any atom is -0.486 e. The van der Waals surface area contributed by atoms with Gasteiger partial charge in [0.1, 0.15) is 13.2 Å². The molecule has 0 aliphatic carbocycles. The third-order valence-electron chi connectivity index (χ3n) is 4.52. The second kappa shape index (κ2) is 7.19. The Morgan fingerprint density at radius 1 is 1.30 bits per heavy atom. The monoisotopic (exact) mass is 321 g/mol. The Morgan fingerprint density at radius 2 is 2.09 bits per heavy atom. The number of aliphatic carboxylic acids is 1. The maximum Gasteiger partial charge on any atom is 0.307 e. The van der Waals surface area contributed by atoms with Gasteiger partial charge in [0.2, 0.25) is 0 Å². The van der Waals surface area contributed by atoms with Crippen molar-refractivity contribution in [2.24, 2.45) is 5.92 Å². The average Bonchev–Trinajstić information content (AvgIpc) is 2.59. The van der Waals surface area contributed by atoms with E-state index in [1.54, 1.807) is 0 Å². The molecule has 3 rings (SSSR count). The summed E-state index contributed by atoms with van der Waals surface area (Å²) in [5.74, 6) is 0.390. The van der Waals surface area contributed by atoms with Gasteiger partial charge in [0.15, 0.2) is 11.5 Å². The second-order valence-corrected chi connectivity index (χ2v) is 6.19. The van der Waals surface area contributed by atoms with Crippen molar-refractivity contribution >= 4 is 5.97 Å². The van der Waals surface area contributed by atoms with Crippen LogP contribution in [0.4, 0.5) is 0 Å². The first-order chi connectivity index (χ1) is 11.1. The quantitative estimate of drug-likeness (QED) is 0.859. The predicted octanol–water partition coefficient (Wildman–Crippen LogP) is 1.68. The number of rotatable bonds is 5. The van der Waals surface area contributed by atoms with Crippen molar-refractivity contribution in [2.45, 2.75) is 25.4 Å². The van der Waals surface area contributed by atoms with Crippen molar-refractivity contribution in [3.8, 4) is 11.5 Å². The number of ether oxygens (including phenoxy) is 2. The van der Waals surface area contributed by atoms with E-state index in [-0.39, 0.29) is 5.92 Å². The summed E-state index contributed by atoms with van der Waals surface area (Å²) in [5, 5.41) is 19.5. The molecule has 2 unspecified atom stereocenters. The highest BCUT2D eigenvalue weighted by Crippen LogP contribution is 2.33. The second-order valence-electron chi connectivity index (χ2n) is 6.19. The smallest absolute Gasteiger partial charge is 0.307 e. The molecule has 0 bridgehead atoms. The Kier molecular flexibility index (Phi) is 5.03. The fraction of sp³-hybridized carbons (Fsp3) is 0.588. The van der Waals surface area contributed by atoms with Crippen LogP contribution in [0.2, 0.25) is 0 Å². The number of carboxylic acid groups (broad SMARTS) is 1. The van der Waals surface area contributed by atoms with Gasteiger partial charge < -0.3 is 24.6 Å². The van der Waals surface area contributed by atoms with Crippen LogP contribution in [0.25, 0.3) is 0 Å². The maximum atomic E-state index is 11.1. The number of benzene rings is 1. The predicted molar refractivity (Wildman–Crippen MR) is 83.8 cm³/mol. The molecule has 23 heavy (non-hydrogen) atoms. The summed E-state index contributed by atoms with van der Waals surface area (Å²) in [6.45, 7) is 3.24. The number of likely N-dealkylation sites (tertiary alicyclic amines) is 1. The van der Waals surface area contributed by atoms with Gasteiger partial charge in [0, 0.05) is 13.1 Å². The molecule has 1 aromatic rings. The van der Waals surface area contributed by atoms with Gasteiger partial charge in [-0.25, -0.2) is 0 Å². The van der Waals surface area contributed by atoms with Crippen molar-refractivity contribution in [3.05, 3.63) is 23.8 Å². The maximum absolute atomic E-state index is 11.1. The Hall–Kier alpha value is -1.79. The minimum atomic E-state index is -0.720. The van der Waals surface area contributed by atoms with E-state index >= 15 is 0 Å². The SMILES string of the molecule is O=C(O)C1CCCN(CCC(O)c2ccc3c(c2)OCCO3)C1. The first kappa shape index (κ1) is 16.1. The molecule has 6 nitrogen and oxygen atoms in total. The van der Waals surface area contributed by atoms with E-state index < -0.39 is 12.1 Å². The highest BCUT2D eigenvalue weighted by atomic mass is 16.6. The lowest BCUT2D eigenvalue weighted by atomic mass is 9.97. The number of hydrogen-bond donors (Lipinski definition) is 2. The number of piperidine rings is 1. The standard InChI is InChI=1S/C17H23NO5/c19-14(5-7-18-6-1-2-13(11-18)17(20)21)12-3-4-15-16(10-12)23-9-8-22-15/h3-4,10,13-14,19H,1-2,5-9,11H2,(H,20,21). The Morgan fingerprint density at radius 3 is 2.87 bits per heavy atom. The fourth-order valence-corrected chi connectivity index (χ4v) is 3.20. The molecule has 0 radical (unpaired) electrons. The molecule has 1 aromatic carbocycles. The van der Waals surface area contributed by atoms with Gasteiger partial charge in [-0.1, -0.05) is 6.07 Å². The third kappa shape index (κ3) is 3.95. The Labute approximate surface area is 135 Å². The van der Waals surface area contributed by atoms with E-state index in [9.17, 15) is 9.90 Å². The van der Waals surface area contributed by atoms with Gasteiger partial charge in [-0.05, 0) is 43.5 Å². The number of aliphatic hydroxyl groups is 1. The van der Waals surface area contributed by atoms with Gasteiger partial charge in [-0.3, -0.25) is 4.79 Å². The van der Waals surface area contributed by atoms with E-state index in [0.717, 1.165) is 24.9 Å². The van der Waals surface area contributed by atoms with Crippen LogP contribution in [0.15, 0.2) is 18.2 Å². The number of hydrogen-bond acceptors (Lipinski definition) is 5. The summed E-state index contributed by atoms with van der Waals surface area (Å²) in [6.07, 6.45) is 1.63. The van der Waals surface area contributed by atoms with Gasteiger partial charge >= 0.3 is 5.97 Å². The molecular formula is C17H23NO5. The van der Waals surface area contributed by atoms with E-state index in [1.807, 2.05) is 18.2 Å². The molecule has 0 saturated carbocycles. The topological polar surface area (TPSA) is 79.2 Å². The summed E-state index contributed by atoms with van der Waals surface area (Å²) in [7, 11) is 0. The van der Waals surface area contributed by atoms with Crippen LogP contribution < -0.4 is 9.47 Å². The van der Waals surface area contributed by atoms with Crippen LogP contribution >= 0.6 is 0 Å². The van der Waals surface area contributed by atoms with Crippen molar-refractivity contribution in [1.82, 2.24) is 4.90 Å². The van der Waals surface area contributed by atoms with Crippen LogP contribution in [-0.2, 0) is 4.79 Å². The third-order valence-corrected chi connectivity index (χ3v) is 4.52. The van der Waals surface area contributed by atoms with E-state index in [2.05, 4.69) is 4.90 Å². The highest BCUT2D eigenvalue weighted by molar-refractivity contribution is 5.70. The van der Waals surface area contributed by atoms with E-state index in [1.165, 1.54) is 0 Å². The summed E-state index contributed by atoms with van der Waals surface area (Å²) >= 11 is 0. The van der Waals surface area contributed by atoms with Crippen LogP contribution in [0.3, 0.4) is 0 Å². The summed E-state index contributed by atoms with van der Waals surface area (Å²) in [6, 6.07) is 5.51. The number of carbonyl (C=O) groups is 1. The normalized spacial score (nSPS) is 22.6. The Balaban J connectivity index is 1.55. The van der Waals surface area contributed by atoms with Gasteiger partial charge in [-0.15, -0.1) is 0 Å². The van der Waals surface area contributed by atoms with Crippen LogP contribution in [0.5, 0.6) is 11.5 Å². The average molecular weight is 321 g/mol. The van der Waals surface area contributed by atoms with E-state index in [4.69, 9.17) is 14.6 Å². The molecule has 0 aromatic heterocycles. The van der Waals surface area contributed by atoms with Crippen molar-refractivity contribution in [2.75, 3.05) is 32.8 Å². The van der Waals surface area contributed by atoms with Crippen molar-refractivity contribution in [3.63, 3.8) is 0 Å². The molecule has 2 atom stereocenters. The van der Waals surface area contributed by atoms with Gasteiger partial charge in [-0.2, -0.15) is 0 Å². The number of aliphatic hydroxyl groups excluding tert-OH is 1. The largest absolute Gasteiger partial charge is 0.486 e. The summed E-state index contributed by atoms with van der Waals surface area (Å²) in [4.78, 5) is 13.2. The molecule has 2 aliphatic heterocycles. The molecule has 6 heteroatoms. The van der Waals surface area contributed by atoms with Gasteiger partial charge in [0.25, 0.3) is 0 Å². The minimum absolute atomic E-state index is 0.282. The number of nitrogens with zero attached hydrogens (tertiary/aromatic N) is 1. The molecule has 0 amide bonds. The number of fused-ring (bicyclic) bond motifs is 1. The van der Waals surface area contributed by atoms with Crippen LogP contribution in [0, 0.1) is 5.92 Å². The molecule has 2 N–H and O–H groups in total. The number of carboxylic acids is 1. The molecule has 1 saturated heterocycles.